The molecule has 6 atom stereocenters. The van der Waals surface area contributed by atoms with Gasteiger partial charge in [0.1, 0.15) is 0 Å². The van der Waals surface area contributed by atoms with Gasteiger partial charge in [0.2, 0.25) is 0 Å². The monoisotopic (exact) mass is 601 g/mol. The molecule has 6 N–H and O–H groups in total. The summed E-state index contributed by atoms with van der Waals surface area (Å²) in [5, 5.41) is 38.6. The summed E-state index contributed by atoms with van der Waals surface area (Å²) in [5.41, 5.74) is 7.34. The number of nitrogens with zero attached hydrogens (tertiary/aromatic N) is 2. The molecule has 2 fully saturated rings. The van der Waals surface area contributed by atoms with Crippen LogP contribution in [0, 0.1) is 17.8 Å². The number of carbonyl (C=O) groups excluding carboxylic acids is 2. The van der Waals surface area contributed by atoms with E-state index in [-0.39, 0.29) is 23.2 Å². The van der Waals surface area contributed by atoms with Crippen molar-refractivity contribution < 1.29 is 29.6 Å². The van der Waals surface area contributed by atoms with Crippen molar-refractivity contribution in [2.45, 2.75) is 43.6 Å². The number of ketones is 1. The molecule has 0 aliphatic heterocycles. The molecule has 0 aromatic heterocycles. The van der Waals surface area contributed by atoms with Gasteiger partial charge in [0, 0.05) is 0 Å². The van der Waals surface area contributed by atoms with E-state index in [9.17, 15) is 24.9 Å². The standard InChI is InChI=1S/C33H42BN4O6/c1-37(2)26-19(16-36-12-11-17-9-7-6-8-10-17)15-22(44-5)24-20(26)13-18-14-21-27(38(3)4)29(40)25(32(35)42)30(34)33(21,43)31(41)23(18)28(24)39/h6-10,15,18,21,25,27,29,36,39-40,43H,11-14,16H2,1-5H3,(H2,35,42)/t18-,21-,25?,27-,29?,33+/m0/s1. The van der Waals surface area contributed by atoms with Crippen molar-refractivity contribution in [3.63, 3.8) is 0 Å². The molecule has 10 nitrogen and oxygen atoms in total. The summed E-state index contributed by atoms with van der Waals surface area (Å²) < 4.78 is 5.77. The fraction of sp³-hybridized carbons (Fsp3) is 0.485. The number of amides is 1. The summed E-state index contributed by atoms with van der Waals surface area (Å²) >= 11 is 0. The van der Waals surface area contributed by atoms with E-state index >= 15 is 0 Å². The molecule has 44 heavy (non-hydrogen) atoms. The van der Waals surface area contributed by atoms with Gasteiger partial charge in [0.05, 0.1) is 0 Å². The van der Waals surface area contributed by atoms with Gasteiger partial charge in [-0.2, -0.15) is 0 Å². The van der Waals surface area contributed by atoms with Gasteiger partial charge < -0.3 is 0 Å². The summed E-state index contributed by atoms with van der Waals surface area (Å²) in [4.78, 5) is 30.4. The molecule has 233 valence electrons. The second-order valence-electron chi connectivity index (χ2n) is 12.6. The molecule has 1 radical (unpaired) electrons. The molecule has 2 saturated carbocycles. The molecule has 11 heteroatoms. The van der Waals surface area contributed by atoms with Crippen LogP contribution < -0.4 is 20.7 Å². The first-order valence-corrected chi connectivity index (χ1v) is 15.0. The van der Waals surface area contributed by atoms with Gasteiger partial charge in [-0.15, -0.1) is 0 Å². The van der Waals surface area contributed by atoms with Gasteiger partial charge in [-0.05, 0) is 12.0 Å². The Bertz CT molecular complexity index is 1510. The summed E-state index contributed by atoms with van der Waals surface area (Å²) in [7, 11) is 15.2. The number of nitrogens with one attached hydrogen (secondary N) is 1. The van der Waals surface area contributed by atoms with Crippen LogP contribution in [0.25, 0.3) is 5.76 Å². The first-order chi connectivity index (χ1) is 20.8. The molecule has 0 spiro atoms. The topological polar surface area (TPSA) is 149 Å². The number of likely N-dealkylation sites (N-methyl/N-ethyl adjacent to an activating group) is 1. The zero-order valence-electron chi connectivity index (χ0n) is 26.0. The molecule has 3 aliphatic carbocycles. The second kappa shape index (κ2) is 12.1. The predicted octanol–water partition coefficient (Wildman–Crippen LogP) is 0.602. The molecular formula is C33H42BN4O6. The van der Waals surface area contributed by atoms with Crippen molar-refractivity contribution in [2.75, 3.05) is 46.7 Å². The van der Waals surface area contributed by atoms with E-state index in [0.717, 1.165) is 29.8 Å². The molecule has 1 amide bonds. The minimum atomic E-state index is -2.30. The maximum absolute atomic E-state index is 14.3. The molecular weight excluding hydrogens is 559 g/mol. The molecule has 2 aromatic carbocycles. The Balaban J connectivity index is 1.57. The Kier molecular flexibility index (Phi) is 8.79. The van der Waals surface area contributed by atoms with Crippen LogP contribution in [-0.2, 0) is 29.0 Å². The molecule has 0 saturated heterocycles. The van der Waals surface area contributed by atoms with Gasteiger partial charge in [0.15, 0.2) is 0 Å². The summed E-state index contributed by atoms with van der Waals surface area (Å²) in [6.45, 7) is 1.32. The Morgan fingerprint density at radius 2 is 1.89 bits per heavy atom. The van der Waals surface area contributed by atoms with E-state index in [1.54, 1.807) is 19.0 Å². The van der Waals surface area contributed by atoms with Crippen LogP contribution in [0.1, 0.15) is 28.7 Å². The fourth-order valence-corrected chi connectivity index (χ4v) is 7.77. The number of methoxy groups -OCH3 is 1. The number of Topliss-reactive ketones (excluding diaryl/α,β-unsaturated/α-hetero) is 1. The number of anilines is 1. The van der Waals surface area contributed by atoms with E-state index in [1.165, 1.54) is 12.7 Å². The van der Waals surface area contributed by atoms with Gasteiger partial charge in [-0.1, -0.05) is 30.3 Å². The van der Waals surface area contributed by atoms with Gasteiger partial charge in [-0.3, -0.25) is 0 Å². The number of hydrogen-bond acceptors (Lipinski definition) is 9. The number of carbonyl (C=O) groups is 2. The third kappa shape index (κ3) is 5.05. The van der Waals surface area contributed by atoms with Crippen molar-refractivity contribution in [3.8, 4) is 5.75 Å². The van der Waals surface area contributed by atoms with Gasteiger partial charge in [0.25, 0.3) is 0 Å². The Morgan fingerprint density at radius 3 is 2.48 bits per heavy atom. The summed E-state index contributed by atoms with van der Waals surface area (Å²) in [5.74, 6) is -4.32. The number of ether oxygens (including phenoxy) is 1. The Hall–Kier alpha value is -3.51. The molecule has 5 rings (SSSR count). The van der Waals surface area contributed by atoms with E-state index in [2.05, 4.69) is 17.4 Å². The maximum atomic E-state index is 14.3. The molecule has 3 aliphatic rings. The summed E-state index contributed by atoms with van der Waals surface area (Å²) in [6, 6.07) is 11.3. The van der Waals surface area contributed by atoms with Crippen molar-refractivity contribution in [3.05, 3.63) is 64.2 Å². The number of fused-ring (bicyclic) bond motifs is 3. The third-order valence-electron chi connectivity index (χ3n) is 9.66. The van der Waals surface area contributed by atoms with Crippen LogP contribution in [-0.4, -0.2) is 104 Å². The number of aliphatic hydroxyl groups is 3. The van der Waals surface area contributed by atoms with Crippen LogP contribution in [0.4, 0.5) is 5.69 Å². The summed E-state index contributed by atoms with van der Waals surface area (Å²) in [6.07, 6.45) is 0.185. The van der Waals surface area contributed by atoms with Crippen LogP contribution >= 0.6 is 0 Å². The predicted molar refractivity (Wildman–Crippen MR) is 171 cm³/mol. The number of primary amides is 1. The van der Waals surface area contributed by atoms with Crippen LogP contribution in [0.15, 0.2) is 42.0 Å². The van der Waals surface area contributed by atoms with E-state index in [1.807, 2.05) is 43.3 Å². The van der Waals surface area contributed by atoms with Gasteiger partial charge >= 0.3 is 217 Å². The van der Waals surface area contributed by atoms with Gasteiger partial charge in [-0.25, -0.2) is 0 Å². The van der Waals surface area contributed by atoms with E-state index < -0.39 is 47.2 Å². The number of benzene rings is 2. The van der Waals surface area contributed by atoms with E-state index in [4.69, 9.17) is 18.0 Å². The minimum absolute atomic E-state index is 0.0491. The average molecular weight is 602 g/mol. The average Bonchev–Trinajstić information content (AvgIpc) is 2.96. The SMILES string of the molecule is [B]=C1C(C(N)=O)C(O)[C@@H](N(C)C)[C@@H]2C[C@@H]3Cc4c(c(OC)cc(CNCCc5ccccc5)c4N(C)C)C(O)=C3C(=O)[C@]12O. The molecule has 2 unspecified atom stereocenters. The fourth-order valence-electron chi connectivity index (χ4n) is 7.77. The first kappa shape index (κ1) is 31.9. The van der Waals surface area contributed by atoms with Crippen molar-refractivity contribution in [1.82, 2.24) is 10.2 Å². The Morgan fingerprint density at radius 1 is 1.20 bits per heavy atom. The first-order valence-electron chi connectivity index (χ1n) is 15.0. The Labute approximate surface area is 259 Å². The third-order valence-corrected chi connectivity index (χ3v) is 9.66. The normalized spacial score (nSPS) is 27.9. The van der Waals surface area contributed by atoms with Crippen molar-refractivity contribution in [1.29, 1.82) is 0 Å². The number of rotatable bonds is 9. The van der Waals surface area contributed by atoms with Crippen LogP contribution in [0.2, 0.25) is 0 Å². The van der Waals surface area contributed by atoms with Crippen LogP contribution in [0.5, 0.6) is 5.75 Å². The van der Waals surface area contributed by atoms with Crippen molar-refractivity contribution >= 4 is 36.1 Å². The number of hydrogen-bond donors (Lipinski definition) is 5. The molecule has 0 heterocycles. The second-order valence-corrected chi connectivity index (χ2v) is 12.6. The quantitative estimate of drug-likeness (QED) is 0.206. The molecule has 0 bridgehead atoms. The zero-order chi connectivity index (χ0) is 32.1. The molecule has 2 aromatic rings. The number of aliphatic hydroxyl groups excluding tert-OH is 2. The van der Waals surface area contributed by atoms with E-state index in [0.29, 0.717) is 24.3 Å². The van der Waals surface area contributed by atoms with Crippen LogP contribution in [0.3, 0.4) is 0 Å². The van der Waals surface area contributed by atoms with Crippen molar-refractivity contribution in [2.24, 2.45) is 23.5 Å². The zero-order valence-corrected chi connectivity index (χ0v) is 26.0. The number of nitrogens with two attached hydrogens (primary N) is 1.